The number of aryl methyl sites for hydroxylation is 1. The van der Waals surface area contributed by atoms with Gasteiger partial charge in [0.15, 0.2) is 0 Å². The summed E-state index contributed by atoms with van der Waals surface area (Å²) >= 11 is 0. The van der Waals surface area contributed by atoms with Crippen molar-refractivity contribution in [3.63, 3.8) is 0 Å². The Hall–Kier alpha value is -1.36. The fourth-order valence-electron chi connectivity index (χ4n) is 1.72. The number of hydrogen-bond donors (Lipinski definition) is 2. The van der Waals surface area contributed by atoms with Crippen LogP contribution < -0.4 is 5.73 Å². The van der Waals surface area contributed by atoms with Crippen LogP contribution >= 0.6 is 0 Å². The Morgan fingerprint density at radius 2 is 2.38 bits per heavy atom. The summed E-state index contributed by atoms with van der Waals surface area (Å²) in [5.41, 5.74) is 6.71. The maximum absolute atomic E-state index is 10.7. The second-order valence-electron chi connectivity index (χ2n) is 4.10. The molecule has 0 aliphatic carbocycles. The van der Waals surface area contributed by atoms with Crippen LogP contribution in [0.15, 0.2) is 12.4 Å². The van der Waals surface area contributed by atoms with E-state index in [0.29, 0.717) is 0 Å². The summed E-state index contributed by atoms with van der Waals surface area (Å²) in [5, 5.41) is 13.0. The highest BCUT2D eigenvalue weighted by Crippen LogP contribution is 2.22. The molecule has 0 fully saturated rings. The van der Waals surface area contributed by atoms with Gasteiger partial charge >= 0.3 is 5.97 Å². The van der Waals surface area contributed by atoms with Crippen molar-refractivity contribution in [3.05, 3.63) is 18.0 Å². The van der Waals surface area contributed by atoms with Gasteiger partial charge in [0.1, 0.15) is 0 Å². The first-order valence-corrected chi connectivity index (χ1v) is 5.54. The van der Waals surface area contributed by atoms with E-state index < -0.39 is 5.97 Å². The molecular formula is C11H19N3O2. The fourth-order valence-corrected chi connectivity index (χ4v) is 1.72. The number of carboxylic acids is 1. The Kier molecular flexibility index (Phi) is 4.49. The normalized spacial score (nSPS) is 14.7. The lowest BCUT2D eigenvalue weighted by Gasteiger charge is -2.16. The van der Waals surface area contributed by atoms with Crippen LogP contribution in [0, 0.1) is 0 Å². The summed E-state index contributed by atoms with van der Waals surface area (Å²) in [6.07, 6.45) is 4.66. The van der Waals surface area contributed by atoms with E-state index in [1.807, 2.05) is 17.8 Å². The van der Waals surface area contributed by atoms with E-state index in [2.05, 4.69) is 12.0 Å². The van der Waals surface area contributed by atoms with Gasteiger partial charge < -0.3 is 10.8 Å². The standard InChI is InChI=1S/C11H19N3O2/c1-3-4-14-7-9(6-13-14)10(8(2)12)5-11(15)16/h6-8,10H,3-5,12H2,1-2H3,(H,15,16). The van der Waals surface area contributed by atoms with Gasteiger partial charge in [-0.15, -0.1) is 0 Å². The van der Waals surface area contributed by atoms with E-state index in [0.717, 1.165) is 18.5 Å². The Labute approximate surface area is 95.3 Å². The van der Waals surface area contributed by atoms with E-state index in [9.17, 15) is 4.79 Å². The molecule has 0 aliphatic heterocycles. The Morgan fingerprint density at radius 1 is 1.69 bits per heavy atom. The second kappa shape index (κ2) is 5.65. The Balaban J connectivity index is 2.79. The summed E-state index contributed by atoms with van der Waals surface area (Å²) < 4.78 is 1.83. The van der Waals surface area contributed by atoms with Gasteiger partial charge in [-0.25, -0.2) is 0 Å². The van der Waals surface area contributed by atoms with Crippen LogP contribution in [0.3, 0.4) is 0 Å². The predicted molar refractivity (Wildman–Crippen MR) is 61.2 cm³/mol. The third kappa shape index (κ3) is 3.34. The van der Waals surface area contributed by atoms with Gasteiger partial charge in [-0.3, -0.25) is 9.48 Å². The molecule has 0 saturated carbocycles. The van der Waals surface area contributed by atoms with Crippen molar-refractivity contribution in [2.45, 2.75) is 45.2 Å². The van der Waals surface area contributed by atoms with Crippen molar-refractivity contribution < 1.29 is 9.90 Å². The SMILES string of the molecule is CCCn1cc(C(CC(=O)O)C(C)N)cn1. The van der Waals surface area contributed by atoms with Crippen molar-refractivity contribution >= 4 is 5.97 Å². The van der Waals surface area contributed by atoms with Crippen molar-refractivity contribution in [1.82, 2.24) is 9.78 Å². The fraction of sp³-hybridized carbons (Fsp3) is 0.636. The van der Waals surface area contributed by atoms with Gasteiger partial charge in [0.05, 0.1) is 12.6 Å². The highest BCUT2D eigenvalue weighted by Gasteiger charge is 2.21. The number of aromatic nitrogens is 2. The third-order valence-corrected chi connectivity index (χ3v) is 2.56. The Morgan fingerprint density at radius 3 is 2.88 bits per heavy atom. The first-order valence-electron chi connectivity index (χ1n) is 5.54. The van der Waals surface area contributed by atoms with Crippen molar-refractivity contribution in [2.24, 2.45) is 5.73 Å². The molecule has 16 heavy (non-hydrogen) atoms. The van der Waals surface area contributed by atoms with Crippen LogP contribution in [-0.2, 0) is 11.3 Å². The van der Waals surface area contributed by atoms with Crippen molar-refractivity contribution in [2.75, 3.05) is 0 Å². The highest BCUT2D eigenvalue weighted by atomic mass is 16.4. The summed E-state index contributed by atoms with van der Waals surface area (Å²) in [5.74, 6) is -0.992. The topological polar surface area (TPSA) is 81.1 Å². The molecule has 5 nitrogen and oxygen atoms in total. The zero-order valence-electron chi connectivity index (χ0n) is 9.76. The number of nitrogens with zero attached hydrogens (tertiary/aromatic N) is 2. The van der Waals surface area contributed by atoms with Gasteiger partial charge in [0.25, 0.3) is 0 Å². The number of carboxylic acid groups (broad SMARTS) is 1. The average molecular weight is 225 g/mol. The van der Waals surface area contributed by atoms with Crippen LogP contribution in [0.25, 0.3) is 0 Å². The molecule has 0 aromatic carbocycles. The van der Waals surface area contributed by atoms with Crippen molar-refractivity contribution in [1.29, 1.82) is 0 Å². The first-order chi connectivity index (χ1) is 7.54. The van der Waals surface area contributed by atoms with Crippen LogP contribution in [0.5, 0.6) is 0 Å². The number of carbonyl (C=O) groups is 1. The molecule has 2 unspecified atom stereocenters. The lowest BCUT2D eigenvalue weighted by molar-refractivity contribution is -0.137. The van der Waals surface area contributed by atoms with Gasteiger partial charge in [-0.2, -0.15) is 5.10 Å². The zero-order valence-corrected chi connectivity index (χ0v) is 9.76. The van der Waals surface area contributed by atoms with E-state index in [-0.39, 0.29) is 18.4 Å². The number of hydrogen-bond acceptors (Lipinski definition) is 3. The summed E-state index contributed by atoms with van der Waals surface area (Å²) in [6, 6.07) is -0.185. The lowest BCUT2D eigenvalue weighted by atomic mass is 9.92. The molecule has 0 amide bonds. The molecule has 90 valence electrons. The van der Waals surface area contributed by atoms with Gasteiger partial charge in [0.2, 0.25) is 0 Å². The maximum Gasteiger partial charge on any atom is 0.304 e. The monoisotopic (exact) mass is 225 g/mol. The van der Waals surface area contributed by atoms with E-state index in [4.69, 9.17) is 10.8 Å². The zero-order chi connectivity index (χ0) is 12.1. The molecule has 1 rings (SSSR count). The van der Waals surface area contributed by atoms with Gasteiger partial charge in [-0.1, -0.05) is 6.92 Å². The van der Waals surface area contributed by atoms with Crippen LogP contribution in [0.2, 0.25) is 0 Å². The lowest BCUT2D eigenvalue weighted by Crippen LogP contribution is -2.26. The maximum atomic E-state index is 10.7. The molecule has 1 aromatic rings. The highest BCUT2D eigenvalue weighted by molar-refractivity contribution is 5.68. The molecule has 0 aliphatic rings. The van der Waals surface area contributed by atoms with Crippen LogP contribution in [0.1, 0.15) is 38.2 Å². The minimum atomic E-state index is -0.828. The Bertz CT molecular complexity index is 347. The average Bonchev–Trinajstić information content (AvgIpc) is 2.62. The number of rotatable bonds is 6. The summed E-state index contributed by atoms with van der Waals surface area (Å²) in [7, 11) is 0. The third-order valence-electron chi connectivity index (χ3n) is 2.56. The summed E-state index contributed by atoms with van der Waals surface area (Å²) in [6.45, 7) is 4.74. The molecule has 5 heteroatoms. The minimum absolute atomic E-state index is 0.0511. The molecule has 0 radical (unpaired) electrons. The van der Waals surface area contributed by atoms with Gasteiger partial charge in [-0.05, 0) is 18.9 Å². The second-order valence-corrected chi connectivity index (χ2v) is 4.10. The molecule has 0 saturated heterocycles. The molecule has 0 spiro atoms. The van der Waals surface area contributed by atoms with E-state index in [1.54, 1.807) is 6.20 Å². The molecule has 1 heterocycles. The molecule has 1 aromatic heterocycles. The number of aliphatic carboxylic acids is 1. The van der Waals surface area contributed by atoms with Gasteiger partial charge in [0, 0.05) is 24.7 Å². The molecular weight excluding hydrogens is 206 g/mol. The number of nitrogens with two attached hydrogens (primary N) is 1. The first kappa shape index (κ1) is 12.7. The van der Waals surface area contributed by atoms with Crippen LogP contribution in [0.4, 0.5) is 0 Å². The molecule has 0 bridgehead atoms. The largest absolute Gasteiger partial charge is 0.481 e. The predicted octanol–water partition coefficient (Wildman–Crippen LogP) is 1.20. The molecule has 2 atom stereocenters. The minimum Gasteiger partial charge on any atom is -0.481 e. The molecule has 3 N–H and O–H groups in total. The van der Waals surface area contributed by atoms with E-state index >= 15 is 0 Å². The van der Waals surface area contributed by atoms with Crippen LogP contribution in [-0.4, -0.2) is 26.9 Å². The summed E-state index contributed by atoms with van der Waals surface area (Å²) in [4.78, 5) is 10.7. The van der Waals surface area contributed by atoms with Crippen molar-refractivity contribution in [3.8, 4) is 0 Å². The smallest absolute Gasteiger partial charge is 0.304 e. The van der Waals surface area contributed by atoms with E-state index in [1.165, 1.54) is 0 Å². The quantitative estimate of drug-likeness (QED) is 0.762.